The van der Waals surface area contributed by atoms with Gasteiger partial charge in [-0.15, -0.1) is 0 Å². The highest BCUT2D eigenvalue weighted by Crippen LogP contribution is 2.36. The molecule has 1 aromatic heterocycles. The summed E-state index contributed by atoms with van der Waals surface area (Å²) >= 11 is 0. The van der Waals surface area contributed by atoms with E-state index in [-0.39, 0.29) is 11.2 Å². The van der Waals surface area contributed by atoms with Crippen LogP contribution in [-0.4, -0.2) is 29.2 Å². The average Bonchev–Trinajstić information content (AvgIpc) is 3.23. The van der Waals surface area contributed by atoms with E-state index in [1.54, 1.807) is 4.57 Å². The van der Waals surface area contributed by atoms with E-state index < -0.39 is 0 Å². The number of anilines is 1. The summed E-state index contributed by atoms with van der Waals surface area (Å²) in [5.74, 6) is 1.49. The lowest BCUT2D eigenvalue weighted by Gasteiger charge is -2.22. The normalized spacial score (nSPS) is 13.4. The summed E-state index contributed by atoms with van der Waals surface area (Å²) in [6.45, 7) is 6.26. The molecule has 2 heterocycles. The smallest absolute Gasteiger partial charge is 0.263 e. The van der Waals surface area contributed by atoms with Crippen LogP contribution in [0.5, 0.6) is 5.75 Å². The Morgan fingerprint density at radius 2 is 1.82 bits per heavy atom. The SMILES string of the molecule is CCCc1nc(N(C)C)n(-c2ccc3c(c2)CC(C)(C)O3)c(=O)c1Cc1ccc(-c2ccccc2C#N)cc1. The maximum atomic E-state index is 14.2. The summed E-state index contributed by atoms with van der Waals surface area (Å²) in [4.78, 5) is 21.2. The van der Waals surface area contributed by atoms with E-state index in [4.69, 9.17) is 9.72 Å². The zero-order valence-electron chi connectivity index (χ0n) is 23.3. The second kappa shape index (κ2) is 10.4. The fraction of sp³-hybridized carbons (Fsp3) is 0.303. The molecule has 198 valence electrons. The number of benzene rings is 3. The Morgan fingerprint density at radius 3 is 2.51 bits per heavy atom. The zero-order chi connectivity index (χ0) is 27.7. The first-order valence-electron chi connectivity index (χ1n) is 13.4. The Hall–Kier alpha value is -4.37. The molecule has 0 N–H and O–H groups in total. The van der Waals surface area contributed by atoms with Crippen LogP contribution in [0.1, 0.15) is 55.1 Å². The third-order valence-electron chi connectivity index (χ3n) is 7.13. The molecule has 0 aliphatic carbocycles. The summed E-state index contributed by atoms with van der Waals surface area (Å²) < 4.78 is 7.81. The third kappa shape index (κ3) is 5.18. The van der Waals surface area contributed by atoms with Gasteiger partial charge < -0.3 is 9.64 Å². The standard InChI is InChI=1S/C33H34N4O2/c1-6-9-29-28(18-22-12-14-23(15-13-22)27-11-8-7-10-24(27)21-34)31(38)37(32(35-29)36(4)5)26-16-17-30-25(19-26)20-33(2,3)39-30/h7-8,10-17,19H,6,9,18,20H2,1-5H3. The Labute approximate surface area is 230 Å². The van der Waals surface area contributed by atoms with Crippen LogP contribution in [0, 0.1) is 11.3 Å². The van der Waals surface area contributed by atoms with Crippen molar-refractivity contribution in [3.05, 3.63) is 105 Å². The number of nitrogens with zero attached hydrogens (tertiary/aromatic N) is 4. The van der Waals surface area contributed by atoms with Crippen LogP contribution in [0.15, 0.2) is 71.5 Å². The van der Waals surface area contributed by atoms with Gasteiger partial charge in [-0.05, 0) is 61.2 Å². The van der Waals surface area contributed by atoms with E-state index in [2.05, 4.69) is 32.9 Å². The van der Waals surface area contributed by atoms with E-state index in [0.717, 1.165) is 58.6 Å². The molecule has 1 aliphatic rings. The molecule has 4 aromatic rings. The van der Waals surface area contributed by atoms with Crippen LogP contribution < -0.4 is 15.2 Å². The first kappa shape index (κ1) is 26.2. The zero-order valence-corrected chi connectivity index (χ0v) is 23.3. The number of rotatable bonds is 7. The van der Waals surface area contributed by atoms with E-state index in [1.165, 1.54) is 0 Å². The number of hydrogen-bond acceptors (Lipinski definition) is 5. The second-order valence-electron chi connectivity index (χ2n) is 11.0. The third-order valence-corrected chi connectivity index (χ3v) is 7.13. The number of aromatic nitrogens is 2. The molecular formula is C33H34N4O2. The average molecular weight is 519 g/mol. The monoisotopic (exact) mass is 518 g/mol. The topological polar surface area (TPSA) is 71.2 Å². The van der Waals surface area contributed by atoms with Crippen molar-refractivity contribution in [3.8, 4) is 28.6 Å². The Balaban J connectivity index is 1.58. The van der Waals surface area contributed by atoms with Gasteiger partial charge in [0, 0.05) is 38.1 Å². The molecule has 6 heteroatoms. The van der Waals surface area contributed by atoms with Gasteiger partial charge in [0.05, 0.1) is 23.0 Å². The number of nitriles is 1. The molecule has 39 heavy (non-hydrogen) atoms. The van der Waals surface area contributed by atoms with Crippen LogP contribution in [0.4, 0.5) is 5.95 Å². The number of aryl methyl sites for hydroxylation is 1. The van der Waals surface area contributed by atoms with Gasteiger partial charge in [-0.25, -0.2) is 9.55 Å². The lowest BCUT2D eigenvalue weighted by atomic mass is 9.97. The molecule has 0 saturated carbocycles. The van der Waals surface area contributed by atoms with E-state index in [9.17, 15) is 10.1 Å². The maximum absolute atomic E-state index is 14.2. The largest absolute Gasteiger partial charge is 0.487 e. The summed E-state index contributed by atoms with van der Waals surface area (Å²) in [5.41, 5.74) is 6.69. The molecule has 5 rings (SSSR count). The summed E-state index contributed by atoms with van der Waals surface area (Å²) in [6, 6.07) is 23.9. The first-order valence-corrected chi connectivity index (χ1v) is 13.4. The maximum Gasteiger partial charge on any atom is 0.263 e. The Kier molecular flexibility index (Phi) is 7.01. The van der Waals surface area contributed by atoms with Crippen LogP contribution >= 0.6 is 0 Å². The van der Waals surface area contributed by atoms with Crippen LogP contribution in [0.25, 0.3) is 16.8 Å². The molecule has 0 fully saturated rings. The van der Waals surface area contributed by atoms with Gasteiger partial charge in [-0.3, -0.25) is 4.79 Å². The van der Waals surface area contributed by atoms with Crippen molar-refractivity contribution < 1.29 is 4.74 Å². The summed E-state index contributed by atoms with van der Waals surface area (Å²) in [7, 11) is 3.84. The van der Waals surface area contributed by atoms with Gasteiger partial charge in [-0.2, -0.15) is 5.26 Å². The molecule has 0 unspecified atom stereocenters. The Bertz CT molecular complexity index is 1630. The Morgan fingerprint density at radius 1 is 1.08 bits per heavy atom. The predicted molar refractivity (Wildman–Crippen MR) is 156 cm³/mol. The molecular weight excluding hydrogens is 484 g/mol. The minimum atomic E-state index is -0.259. The summed E-state index contributed by atoms with van der Waals surface area (Å²) in [5, 5.41) is 9.49. The lowest BCUT2D eigenvalue weighted by molar-refractivity contribution is 0.138. The van der Waals surface area contributed by atoms with Gasteiger partial charge in [0.2, 0.25) is 5.95 Å². The molecule has 6 nitrogen and oxygen atoms in total. The predicted octanol–water partition coefficient (Wildman–Crippen LogP) is 6.09. The molecule has 0 bridgehead atoms. The number of ether oxygens (including phenoxy) is 1. The molecule has 3 aromatic carbocycles. The molecule has 0 saturated heterocycles. The van der Waals surface area contributed by atoms with E-state index >= 15 is 0 Å². The quantitative estimate of drug-likeness (QED) is 0.296. The van der Waals surface area contributed by atoms with Crippen molar-refractivity contribution in [2.45, 2.75) is 52.1 Å². The van der Waals surface area contributed by atoms with Gasteiger partial charge in [0.15, 0.2) is 0 Å². The van der Waals surface area contributed by atoms with Gasteiger partial charge in [0.1, 0.15) is 11.4 Å². The highest BCUT2D eigenvalue weighted by molar-refractivity contribution is 5.70. The van der Waals surface area contributed by atoms with Crippen LogP contribution in [0.2, 0.25) is 0 Å². The fourth-order valence-electron chi connectivity index (χ4n) is 5.32. The first-order chi connectivity index (χ1) is 18.7. The van der Waals surface area contributed by atoms with Crippen molar-refractivity contribution in [1.29, 1.82) is 5.26 Å². The minimum Gasteiger partial charge on any atom is -0.487 e. The van der Waals surface area contributed by atoms with Crippen molar-refractivity contribution in [2.75, 3.05) is 19.0 Å². The molecule has 0 spiro atoms. The number of hydrogen-bond donors (Lipinski definition) is 0. The van der Waals surface area contributed by atoms with Gasteiger partial charge in [-0.1, -0.05) is 55.8 Å². The van der Waals surface area contributed by atoms with E-state index in [1.807, 2.05) is 79.7 Å². The van der Waals surface area contributed by atoms with Crippen LogP contribution in [-0.2, 0) is 19.3 Å². The van der Waals surface area contributed by atoms with Crippen molar-refractivity contribution >= 4 is 5.95 Å². The minimum absolute atomic E-state index is 0.0471. The lowest BCUT2D eigenvalue weighted by Crippen LogP contribution is -2.31. The highest BCUT2D eigenvalue weighted by atomic mass is 16.5. The van der Waals surface area contributed by atoms with Crippen molar-refractivity contribution in [3.63, 3.8) is 0 Å². The molecule has 1 aliphatic heterocycles. The van der Waals surface area contributed by atoms with Gasteiger partial charge in [0.25, 0.3) is 5.56 Å². The fourth-order valence-corrected chi connectivity index (χ4v) is 5.32. The molecule has 0 amide bonds. The van der Waals surface area contributed by atoms with Crippen molar-refractivity contribution in [1.82, 2.24) is 9.55 Å². The summed E-state index contributed by atoms with van der Waals surface area (Å²) in [6.07, 6.45) is 2.89. The van der Waals surface area contributed by atoms with E-state index in [0.29, 0.717) is 23.5 Å². The van der Waals surface area contributed by atoms with Gasteiger partial charge >= 0.3 is 0 Å². The molecule has 0 radical (unpaired) electrons. The highest BCUT2D eigenvalue weighted by Gasteiger charge is 2.30. The second-order valence-corrected chi connectivity index (χ2v) is 11.0. The van der Waals surface area contributed by atoms with Crippen LogP contribution in [0.3, 0.4) is 0 Å². The number of fused-ring (bicyclic) bond motifs is 1. The molecule has 0 atom stereocenters. The van der Waals surface area contributed by atoms with Crippen molar-refractivity contribution in [2.24, 2.45) is 0 Å².